The van der Waals surface area contributed by atoms with Gasteiger partial charge in [0.2, 0.25) is 5.91 Å². The summed E-state index contributed by atoms with van der Waals surface area (Å²) in [6.07, 6.45) is 0.539. The number of aliphatic hydroxyl groups is 1. The number of pyridine rings is 1. The van der Waals surface area contributed by atoms with E-state index in [4.69, 9.17) is 5.73 Å². The van der Waals surface area contributed by atoms with E-state index in [0.717, 1.165) is 11.1 Å². The number of carbonyl (C=O) groups is 2. The fourth-order valence-electron chi connectivity index (χ4n) is 3.96. The van der Waals surface area contributed by atoms with Crippen molar-refractivity contribution >= 4 is 17.4 Å². The van der Waals surface area contributed by atoms with Crippen molar-refractivity contribution in [3.8, 4) is 11.3 Å². The minimum atomic E-state index is -1.41. The molecule has 2 aromatic carbocycles. The van der Waals surface area contributed by atoms with Crippen LogP contribution in [0.25, 0.3) is 11.3 Å². The first-order chi connectivity index (χ1) is 15.9. The summed E-state index contributed by atoms with van der Waals surface area (Å²) in [4.78, 5) is 29.1. The van der Waals surface area contributed by atoms with Crippen molar-refractivity contribution in [1.29, 1.82) is 0 Å². The highest BCUT2D eigenvalue weighted by atomic mass is 19.1. The molecular formula is C27H28FN3O3. The lowest BCUT2D eigenvalue weighted by molar-refractivity contribution is -0.115. The zero-order valence-corrected chi connectivity index (χ0v) is 19.5. The molecule has 1 unspecified atom stereocenters. The molecule has 176 valence electrons. The van der Waals surface area contributed by atoms with E-state index in [1.54, 1.807) is 43.3 Å². The van der Waals surface area contributed by atoms with Gasteiger partial charge >= 0.3 is 0 Å². The number of nitrogens with two attached hydrogens (primary N) is 1. The number of nitrogens with zero attached hydrogens (tertiary/aromatic N) is 1. The number of aromatic nitrogens is 1. The van der Waals surface area contributed by atoms with Crippen LogP contribution in [-0.4, -0.2) is 21.8 Å². The number of ketones is 1. The van der Waals surface area contributed by atoms with Gasteiger partial charge in [-0.3, -0.25) is 9.59 Å². The minimum Gasteiger partial charge on any atom is -0.384 e. The SMILES string of the molecule is CC(C)(N)c1cc(-c2ccc(F)cc2)nc(C(C)(O)CCC(=O)c2ccc3c(c2)NC(=O)C3)c1. The highest BCUT2D eigenvalue weighted by Crippen LogP contribution is 2.32. The van der Waals surface area contributed by atoms with Crippen LogP contribution in [0, 0.1) is 5.82 Å². The summed E-state index contributed by atoms with van der Waals surface area (Å²) >= 11 is 0. The lowest BCUT2D eigenvalue weighted by Gasteiger charge is -2.27. The number of Topliss-reactive ketones (excluding diaryl/α,β-unsaturated/α-hetero) is 1. The highest BCUT2D eigenvalue weighted by molar-refractivity contribution is 6.02. The Kier molecular flexibility index (Phi) is 6.10. The second kappa shape index (κ2) is 8.74. The smallest absolute Gasteiger partial charge is 0.228 e. The van der Waals surface area contributed by atoms with Crippen LogP contribution in [0.2, 0.25) is 0 Å². The quantitative estimate of drug-likeness (QED) is 0.451. The fraction of sp³-hybridized carbons (Fsp3) is 0.296. The van der Waals surface area contributed by atoms with E-state index < -0.39 is 11.1 Å². The Morgan fingerprint density at radius 1 is 1.12 bits per heavy atom. The van der Waals surface area contributed by atoms with Gasteiger partial charge in [0.1, 0.15) is 11.4 Å². The van der Waals surface area contributed by atoms with Crippen LogP contribution in [0.3, 0.4) is 0 Å². The Balaban J connectivity index is 1.59. The van der Waals surface area contributed by atoms with Gasteiger partial charge in [-0.25, -0.2) is 9.37 Å². The first kappa shape index (κ1) is 23.7. The predicted octanol–water partition coefficient (Wildman–Crippen LogP) is 4.45. The van der Waals surface area contributed by atoms with E-state index >= 15 is 0 Å². The molecule has 7 heteroatoms. The molecule has 0 fully saturated rings. The average molecular weight is 462 g/mol. The number of carbonyl (C=O) groups excluding carboxylic acids is 2. The molecule has 1 aromatic heterocycles. The molecule has 0 aliphatic carbocycles. The lowest BCUT2D eigenvalue weighted by Crippen LogP contribution is -2.31. The Morgan fingerprint density at radius 3 is 2.50 bits per heavy atom. The molecule has 0 spiro atoms. The summed E-state index contributed by atoms with van der Waals surface area (Å²) < 4.78 is 13.4. The predicted molar refractivity (Wildman–Crippen MR) is 129 cm³/mol. The normalized spacial score (nSPS) is 14.9. The van der Waals surface area contributed by atoms with Gasteiger partial charge in [0.05, 0.1) is 17.8 Å². The van der Waals surface area contributed by atoms with Crippen LogP contribution < -0.4 is 11.1 Å². The topological polar surface area (TPSA) is 105 Å². The van der Waals surface area contributed by atoms with Gasteiger partial charge < -0.3 is 16.2 Å². The van der Waals surface area contributed by atoms with Crippen LogP contribution >= 0.6 is 0 Å². The summed E-state index contributed by atoms with van der Waals surface area (Å²) in [5.74, 6) is -0.581. The highest BCUT2D eigenvalue weighted by Gasteiger charge is 2.29. The number of rotatable bonds is 7. The maximum Gasteiger partial charge on any atom is 0.228 e. The number of hydrogen-bond acceptors (Lipinski definition) is 5. The number of amides is 1. The molecule has 1 amide bonds. The Bertz CT molecular complexity index is 1260. The summed E-state index contributed by atoms with van der Waals surface area (Å²) in [6, 6.07) is 14.7. The van der Waals surface area contributed by atoms with Crippen molar-refractivity contribution < 1.29 is 19.1 Å². The first-order valence-corrected chi connectivity index (χ1v) is 11.2. The molecule has 0 saturated heterocycles. The number of benzene rings is 2. The van der Waals surface area contributed by atoms with E-state index in [1.165, 1.54) is 12.1 Å². The van der Waals surface area contributed by atoms with Crippen LogP contribution in [0.1, 0.15) is 60.8 Å². The molecular weight excluding hydrogens is 433 g/mol. The minimum absolute atomic E-state index is 0.0868. The molecule has 0 saturated carbocycles. The molecule has 0 bridgehead atoms. The third-order valence-corrected chi connectivity index (χ3v) is 6.16. The van der Waals surface area contributed by atoms with Gasteiger partial charge in [0.15, 0.2) is 5.78 Å². The molecule has 4 N–H and O–H groups in total. The molecule has 1 atom stereocenters. The largest absolute Gasteiger partial charge is 0.384 e. The van der Waals surface area contributed by atoms with Crippen molar-refractivity contribution in [2.45, 2.75) is 51.2 Å². The Morgan fingerprint density at radius 2 is 1.82 bits per heavy atom. The summed E-state index contributed by atoms with van der Waals surface area (Å²) in [5, 5.41) is 14.1. The molecule has 0 radical (unpaired) electrons. The standard InChI is InChI=1S/C27H28FN3O3/c1-26(2,29)19-14-22(16-6-8-20(28)9-7-16)30-24(15-19)27(3,34)11-10-23(32)18-5-4-17-13-25(33)31-21(17)12-18/h4-9,12,14-15,34H,10-11,13,29H2,1-3H3,(H,31,33). The third-order valence-electron chi connectivity index (χ3n) is 6.16. The summed E-state index contributed by atoms with van der Waals surface area (Å²) in [7, 11) is 0. The van der Waals surface area contributed by atoms with Crippen LogP contribution in [0.5, 0.6) is 0 Å². The third kappa shape index (κ3) is 5.05. The van der Waals surface area contributed by atoms with Crippen molar-refractivity contribution in [1.82, 2.24) is 4.98 Å². The molecule has 1 aliphatic rings. The average Bonchev–Trinajstić information content (AvgIpc) is 3.16. The van der Waals surface area contributed by atoms with Crippen molar-refractivity contribution in [3.63, 3.8) is 0 Å². The van der Waals surface area contributed by atoms with Crippen molar-refractivity contribution in [2.75, 3.05) is 5.32 Å². The van der Waals surface area contributed by atoms with Gasteiger partial charge in [-0.15, -0.1) is 0 Å². The molecule has 3 aromatic rings. The van der Waals surface area contributed by atoms with Crippen LogP contribution in [0.15, 0.2) is 54.6 Å². The monoisotopic (exact) mass is 461 g/mol. The number of nitrogens with one attached hydrogen (secondary N) is 1. The van der Waals surface area contributed by atoms with Gasteiger partial charge in [0, 0.05) is 28.8 Å². The van der Waals surface area contributed by atoms with Gasteiger partial charge in [-0.2, -0.15) is 0 Å². The van der Waals surface area contributed by atoms with Gasteiger partial charge in [-0.05, 0) is 80.8 Å². The molecule has 34 heavy (non-hydrogen) atoms. The zero-order valence-electron chi connectivity index (χ0n) is 19.5. The molecule has 6 nitrogen and oxygen atoms in total. The van der Waals surface area contributed by atoms with Gasteiger partial charge in [0.25, 0.3) is 0 Å². The second-order valence-electron chi connectivity index (χ2n) is 9.65. The lowest BCUT2D eigenvalue weighted by atomic mass is 9.88. The fourth-order valence-corrected chi connectivity index (χ4v) is 3.96. The Hall–Kier alpha value is -3.42. The molecule has 2 heterocycles. The van der Waals surface area contributed by atoms with Crippen molar-refractivity contribution in [3.05, 3.63) is 82.8 Å². The van der Waals surface area contributed by atoms with E-state index in [1.807, 2.05) is 19.9 Å². The summed E-state index contributed by atoms with van der Waals surface area (Å²) in [6.45, 7) is 5.32. The number of hydrogen-bond donors (Lipinski definition) is 3. The second-order valence-corrected chi connectivity index (χ2v) is 9.65. The van der Waals surface area contributed by atoms with E-state index in [2.05, 4.69) is 10.3 Å². The molecule has 1 aliphatic heterocycles. The number of fused-ring (bicyclic) bond motifs is 1. The first-order valence-electron chi connectivity index (χ1n) is 11.2. The maximum absolute atomic E-state index is 13.4. The number of halogens is 1. The van der Waals surface area contributed by atoms with E-state index in [0.29, 0.717) is 34.6 Å². The van der Waals surface area contributed by atoms with Gasteiger partial charge in [-0.1, -0.05) is 12.1 Å². The van der Waals surface area contributed by atoms with E-state index in [9.17, 15) is 19.1 Å². The van der Waals surface area contributed by atoms with Crippen LogP contribution in [0.4, 0.5) is 10.1 Å². The van der Waals surface area contributed by atoms with Crippen LogP contribution in [-0.2, 0) is 22.4 Å². The maximum atomic E-state index is 13.4. The van der Waals surface area contributed by atoms with Crippen molar-refractivity contribution in [2.24, 2.45) is 5.73 Å². The van der Waals surface area contributed by atoms with E-state index in [-0.39, 0.29) is 30.3 Å². The zero-order chi connectivity index (χ0) is 24.7. The Labute approximate surface area is 198 Å². The molecule has 4 rings (SSSR count). The summed E-state index contributed by atoms with van der Waals surface area (Å²) in [5.41, 5.74) is 8.64. The number of anilines is 1.